The van der Waals surface area contributed by atoms with Gasteiger partial charge in [-0.1, -0.05) is 13.8 Å². The molecule has 1 amide bonds. The Hall–Kier alpha value is -1.25. The Kier molecular flexibility index (Phi) is 1.41. The van der Waals surface area contributed by atoms with Crippen molar-refractivity contribution in [3.05, 3.63) is 23.0 Å². The predicted molar refractivity (Wildman–Crippen MR) is 58.0 cm³/mol. The molecule has 0 saturated carbocycles. The lowest BCUT2D eigenvalue weighted by Gasteiger charge is -2.21. The molecule has 0 atom stereocenters. The minimum Gasteiger partial charge on any atom is -0.349 e. The van der Waals surface area contributed by atoms with Crippen molar-refractivity contribution in [2.45, 2.75) is 33.2 Å². The maximum atomic E-state index is 11.7. The van der Waals surface area contributed by atoms with E-state index in [0.29, 0.717) is 18.3 Å². The van der Waals surface area contributed by atoms with Gasteiger partial charge in [0.25, 0.3) is 5.91 Å². The first-order valence-electron chi connectivity index (χ1n) is 5.99. The lowest BCUT2D eigenvalue weighted by atomic mass is 9.90. The highest BCUT2D eigenvalue weighted by Gasteiger charge is 2.34. The summed E-state index contributed by atoms with van der Waals surface area (Å²) in [6.45, 7) is 5.95. The first-order chi connectivity index (χ1) is 7.49. The predicted octanol–water partition coefficient (Wildman–Crippen LogP) is 1.36. The number of carbonyl (C=O) groups excluding carboxylic acids is 1. The molecule has 0 radical (unpaired) electrons. The zero-order valence-corrected chi connectivity index (χ0v) is 9.18. The van der Waals surface area contributed by atoms with Crippen LogP contribution in [0.4, 0.5) is 0 Å². The Balaban J connectivity index is 2.19. The van der Waals surface area contributed by atoms with Gasteiger partial charge >= 0.3 is 0 Å². The van der Waals surface area contributed by atoms with Crippen molar-refractivity contribution in [3.8, 4) is 0 Å². The summed E-state index contributed by atoms with van der Waals surface area (Å²) in [7, 11) is 0. The molecule has 0 bridgehead atoms. The van der Waals surface area contributed by atoms with Crippen LogP contribution in [0.25, 0.3) is 0 Å². The smallest absolute Gasteiger partial charge is 0.267 e. The highest BCUT2D eigenvalue weighted by Crippen LogP contribution is 2.38. The number of amides is 1. The second-order valence-corrected chi connectivity index (χ2v) is 5.32. The minimum absolute atomic E-state index is 0.0801. The number of hydrogen-bond donors (Lipinski definition) is 1. The number of carbonyl (C=O) groups is 1. The summed E-state index contributed by atoms with van der Waals surface area (Å²) in [6.07, 6.45) is 1.91. The van der Waals surface area contributed by atoms with E-state index >= 15 is 0 Å². The molecular weight excluding hydrogens is 188 g/mol. The van der Waals surface area contributed by atoms with Gasteiger partial charge in [-0.3, -0.25) is 4.79 Å². The minimum atomic E-state index is -0.0801. The van der Waals surface area contributed by atoms with Crippen LogP contribution in [0.15, 0.2) is 6.04 Å². The van der Waals surface area contributed by atoms with Crippen LogP contribution in [-0.2, 0) is 19.4 Å². The van der Waals surface area contributed by atoms with Crippen LogP contribution in [0.5, 0.6) is 0 Å². The van der Waals surface area contributed by atoms with Crippen LogP contribution in [0, 0.1) is 5.41 Å². The molecule has 0 saturated heterocycles. The molecule has 0 unspecified atom stereocenters. The molecule has 0 fully saturated rings. The number of fused-ring (bicyclic) bond motifs is 3. The second kappa shape index (κ2) is 2.65. The summed E-state index contributed by atoms with van der Waals surface area (Å²) in [4.78, 5) is 11.7. The molecule has 3 nitrogen and oxygen atoms in total. The van der Waals surface area contributed by atoms with Gasteiger partial charge in [-0.05, 0) is 29.9 Å². The fraction of sp³-hybridized carbons (Fsp3) is 0.583. The van der Waals surface area contributed by atoms with Crippen molar-refractivity contribution >= 4 is 5.91 Å². The van der Waals surface area contributed by atoms with E-state index in [1.54, 1.807) is 0 Å². The molecule has 1 aliphatic heterocycles. The quantitative estimate of drug-likeness (QED) is 0.681. The van der Waals surface area contributed by atoms with Crippen LogP contribution in [0.3, 0.4) is 0 Å². The third kappa shape index (κ3) is 1.22. The standard InChI is InChI=1S/C12H16N2O/c1-12(2)6-8-5-9-11(15)13-3-4-14(9)10(8)7-12/h5H,3-4,6-7H2,1-2H3,(H,13,15)/i5D. The summed E-state index contributed by atoms with van der Waals surface area (Å²) in [6, 6.07) is 0.456. The highest BCUT2D eigenvalue weighted by atomic mass is 16.2. The molecule has 1 aromatic rings. The van der Waals surface area contributed by atoms with E-state index in [0.717, 1.165) is 24.9 Å². The van der Waals surface area contributed by atoms with E-state index in [9.17, 15) is 4.79 Å². The van der Waals surface area contributed by atoms with E-state index < -0.39 is 0 Å². The zero-order chi connectivity index (χ0) is 11.5. The maximum Gasteiger partial charge on any atom is 0.267 e. The van der Waals surface area contributed by atoms with Crippen molar-refractivity contribution < 1.29 is 6.17 Å². The molecule has 2 aliphatic rings. The Morgan fingerprint density at radius 3 is 3.13 bits per heavy atom. The van der Waals surface area contributed by atoms with Gasteiger partial charge in [-0.25, -0.2) is 0 Å². The van der Waals surface area contributed by atoms with Crippen LogP contribution in [0.2, 0.25) is 0 Å². The molecule has 80 valence electrons. The van der Waals surface area contributed by atoms with Crippen LogP contribution in [0.1, 0.15) is 37.0 Å². The number of hydrogen-bond acceptors (Lipinski definition) is 1. The van der Waals surface area contributed by atoms with E-state index in [1.807, 2.05) is 0 Å². The van der Waals surface area contributed by atoms with Crippen LogP contribution >= 0.6 is 0 Å². The number of aromatic nitrogens is 1. The van der Waals surface area contributed by atoms with Crippen molar-refractivity contribution in [2.24, 2.45) is 5.41 Å². The largest absolute Gasteiger partial charge is 0.349 e. The average molecular weight is 205 g/mol. The van der Waals surface area contributed by atoms with Crippen LogP contribution < -0.4 is 5.32 Å². The monoisotopic (exact) mass is 205 g/mol. The summed E-state index contributed by atoms with van der Waals surface area (Å²) in [5.74, 6) is -0.0801. The van der Waals surface area contributed by atoms with E-state index in [-0.39, 0.29) is 11.3 Å². The Bertz CT molecular complexity index is 488. The lowest BCUT2D eigenvalue weighted by Crippen LogP contribution is -2.35. The number of nitrogens with zero attached hydrogens (tertiary/aromatic N) is 1. The van der Waals surface area contributed by atoms with Gasteiger partial charge in [-0.2, -0.15) is 0 Å². The Morgan fingerprint density at radius 2 is 2.33 bits per heavy atom. The van der Waals surface area contributed by atoms with E-state index in [4.69, 9.17) is 1.37 Å². The number of rotatable bonds is 0. The lowest BCUT2D eigenvalue weighted by molar-refractivity contribution is 0.0926. The Labute approximate surface area is 90.9 Å². The molecule has 1 aromatic heterocycles. The van der Waals surface area contributed by atoms with Crippen LogP contribution in [-0.4, -0.2) is 17.0 Å². The first kappa shape index (κ1) is 7.97. The first-order valence-corrected chi connectivity index (χ1v) is 5.49. The second-order valence-electron chi connectivity index (χ2n) is 5.32. The van der Waals surface area contributed by atoms with Gasteiger partial charge in [0.15, 0.2) is 0 Å². The summed E-state index contributed by atoms with van der Waals surface area (Å²) in [5, 5.41) is 2.81. The van der Waals surface area contributed by atoms with E-state index in [2.05, 4.69) is 23.7 Å². The molecule has 3 heteroatoms. The van der Waals surface area contributed by atoms with Gasteiger partial charge in [0, 0.05) is 18.8 Å². The third-order valence-corrected chi connectivity index (χ3v) is 3.35. The van der Waals surface area contributed by atoms with Crippen molar-refractivity contribution in [1.29, 1.82) is 0 Å². The SMILES string of the molecule is [2H]c1c2c(n3c1C(=O)NCC3)CC(C)(C)C2. The Morgan fingerprint density at radius 1 is 1.53 bits per heavy atom. The topological polar surface area (TPSA) is 34.0 Å². The zero-order valence-electron chi connectivity index (χ0n) is 10.2. The van der Waals surface area contributed by atoms with Gasteiger partial charge in [0.1, 0.15) is 5.69 Å². The molecule has 0 aromatic carbocycles. The number of nitrogens with one attached hydrogen (secondary N) is 1. The van der Waals surface area contributed by atoms with Crippen molar-refractivity contribution in [2.75, 3.05) is 6.54 Å². The van der Waals surface area contributed by atoms with Gasteiger partial charge in [0.05, 0.1) is 1.37 Å². The van der Waals surface area contributed by atoms with Gasteiger partial charge < -0.3 is 9.88 Å². The van der Waals surface area contributed by atoms with E-state index in [1.165, 1.54) is 5.69 Å². The molecule has 1 N–H and O–H groups in total. The molecule has 1 aliphatic carbocycles. The molecule has 0 spiro atoms. The summed E-state index contributed by atoms with van der Waals surface area (Å²) >= 11 is 0. The van der Waals surface area contributed by atoms with Gasteiger partial charge in [-0.15, -0.1) is 0 Å². The molecule has 2 heterocycles. The fourth-order valence-corrected chi connectivity index (χ4v) is 2.71. The maximum absolute atomic E-state index is 11.7. The van der Waals surface area contributed by atoms with Gasteiger partial charge in [0.2, 0.25) is 0 Å². The highest BCUT2D eigenvalue weighted by molar-refractivity contribution is 5.94. The normalized spacial score (nSPS) is 23.1. The summed E-state index contributed by atoms with van der Waals surface area (Å²) < 4.78 is 10.2. The third-order valence-electron chi connectivity index (χ3n) is 3.35. The molecule has 3 rings (SSSR count). The molecular formula is C12H16N2O. The van der Waals surface area contributed by atoms with Crippen molar-refractivity contribution in [1.82, 2.24) is 9.88 Å². The van der Waals surface area contributed by atoms with Crippen molar-refractivity contribution in [3.63, 3.8) is 0 Å². The molecule has 15 heavy (non-hydrogen) atoms. The summed E-state index contributed by atoms with van der Waals surface area (Å²) in [5.41, 5.74) is 3.14. The average Bonchev–Trinajstić information content (AvgIpc) is 2.63. The fourth-order valence-electron chi connectivity index (χ4n) is 2.71.